The van der Waals surface area contributed by atoms with E-state index < -0.39 is 4.92 Å². The zero-order valence-electron chi connectivity index (χ0n) is 10.4. The van der Waals surface area contributed by atoms with Crippen molar-refractivity contribution in [2.75, 3.05) is 11.6 Å². The molecule has 0 bridgehead atoms. The van der Waals surface area contributed by atoms with Crippen LogP contribution in [0.5, 0.6) is 5.75 Å². The number of hydrogen-bond donors (Lipinski definition) is 0. The van der Waals surface area contributed by atoms with Crippen LogP contribution in [-0.4, -0.2) is 17.6 Å². The third-order valence-electron chi connectivity index (χ3n) is 3.08. The fourth-order valence-electron chi connectivity index (χ4n) is 2.05. The average molecular weight is 270 g/mol. The van der Waals surface area contributed by atoms with Gasteiger partial charge in [0.15, 0.2) is 6.73 Å². The Hall–Kier alpha value is -2.89. The highest BCUT2D eigenvalue weighted by atomic mass is 16.6. The normalized spacial score (nSPS) is 13.6. The molecule has 100 valence electrons. The third-order valence-corrected chi connectivity index (χ3v) is 3.08. The number of benzene rings is 2. The molecule has 6 nitrogen and oxygen atoms in total. The van der Waals surface area contributed by atoms with Gasteiger partial charge < -0.3 is 4.74 Å². The Kier molecular flexibility index (Phi) is 2.83. The van der Waals surface area contributed by atoms with Crippen molar-refractivity contribution >= 4 is 17.3 Å². The zero-order chi connectivity index (χ0) is 14.1. The molecule has 0 spiro atoms. The third kappa shape index (κ3) is 1.97. The number of para-hydroxylation sites is 1. The maximum atomic E-state index is 12.3. The summed E-state index contributed by atoms with van der Waals surface area (Å²) >= 11 is 0. The molecule has 0 unspecified atom stereocenters. The molecule has 1 amide bonds. The lowest BCUT2D eigenvalue weighted by Gasteiger charge is -2.28. The van der Waals surface area contributed by atoms with Crippen molar-refractivity contribution in [3.63, 3.8) is 0 Å². The summed E-state index contributed by atoms with van der Waals surface area (Å²) in [4.78, 5) is 23.9. The average Bonchev–Trinajstić information content (AvgIpc) is 2.48. The van der Waals surface area contributed by atoms with Gasteiger partial charge in [-0.3, -0.25) is 19.8 Å². The molecule has 0 aromatic heterocycles. The predicted octanol–water partition coefficient (Wildman–Crippen LogP) is 2.59. The summed E-state index contributed by atoms with van der Waals surface area (Å²) in [5.41, 5.74) is 1.03. The van der Waals surface area contributed by atoms with Crippen LogP contribution in [-0.2, 0) is 0 Å². The maximum Gasteiger partial charge on any atom is 0.269 e. The molecule has 0 aliphatic carbocycles. The minimum atomic E-state index is -0.479. The standard InChI is InChI=1S/C14H10N2O4/c17-14-12-3-1-2-4-13(12)20-9-15(14)10-5-7-11(8-6-10)16(18)19/h1-8H,9H2. The molecule has 0 radical (unpaired) electrons. The Morgan fingerprint density at radius 1 is 1.10 bits per heavy atom. The van der Waals surface area contributed by atoms with Crippen molar-refractivity contribution in [3.8, 4) is 5.75 Å². The Morgan fingerprint density at radius 3 is 2.50 bits per heavy atom. The maximum absolute atomic E-state index is 12.3. The van der Waals surface area contributed by atoms with Gasteiger partial charge in [-0.1, -0.05) is 12.1 Å². The lowest BCUT2D eigenvalue weighted by Crippen LogP contribution is -2.38. The van der Waals surface area contributed by atoms with Crippen LogP contribution in [0.15, 0.2) is 48.5 Å². The molecule has 0 saturated heterocycles. The smallest absolute Gasteiger partial charge is 0.269 e. The molecule has 0 atom stereocenters. The summed E-state index contributed by atoms with van der Waals surface area (Å²) in [6.07, 6.45) is 0. The lowest BCUT2D eigenvalue weighted by atomic mass is 10.1. The van der Waals surface area contributed by atoms with Crippen LogP contribution in [0.1, 0.15) is 10.4 Å². The second-order valence-electron chi connectivity index (χ2n) is 4.28. The monoisotopic (exact) mass is 270 g/mol. The molecular weight excluding hydrogens is 260 g/mol. The van der Waals surface area contributed by atoms with Crippen molar-refractivity contribution in [2.24, 2.45) is 0 Å². The van der Waals surface area contributed by atoms with Crippen LogP contribution in [0, 0.1) is 10.1 Å². The van der Waals surface area contributed by atoms with Crippen molar-refractivity contribution in [1.29, 1.82) is 0 Å². The molecule has 1 heterocycles. The van der Waals surface area contributed by atoms with Crippen molar-refractivity contribution < 1.29 is 14.5 Å². The van der Waals surface area contributed by atoms with E-state index in [2.05, 4.69) is 0 Å². The number of hydrogen-bond acceptors (Lipinski definition) is 4. The van der Waals surface area contributed by atoms with Gasteiger partial charge in [0.1, 0.15) is 5.75 Å². The number of amides is 1. The Labute approximate surface area is 114 Å². The fourth-order valence-corrected chi connectivity index (χ4v) is 2.05. The summed E-state index contributed by atoms with van der Waals surface area (Å²) < 4.78 is 5.51. The number of carbonyl (C=O) groups excluding carboxylic acids is 1. The lowest BCUT2D eigenvalue weighted by molar-refractivity contribution is -0.384. The van der Waals surface area contributed by atoms with E-state index >= 15 is 0 Å². The van der Waals surface area contributed by atoms with E-state index in [9.17, 15) is 14.9 Å². The molecular formula is C14H10N2O4. The van der Waals surface area contributed by atoms with Crippen molar-refractivity contribution in [3.05, 3.63) is 64.2 Å². The first-order valence-corrected chi connectivity index (χ1v) is 5.95. The van der Waals surface area contributed by atoms with Gasteiger partial charge in [-0.2, -0.15) is 0 Å². The van der Waals surface area contributed by atoms with E-state index in [4.69, 9.17) is 4.74 Å². The van der Waals surface area contributed by atoms with Gasteiger partial charge in [0, 0.05) is 17.8 Å². The highest BCUT2D eigenvalue weighted by Gasteiger charge is 2.26. The van der Waals surface area contributed by atoms with Gasteiger partial charge in [0.25, 0.3) is 11.6 Å². The highest BCUT2D eigenvalue weighted by Crippen LogP contribution is 2.28. The van der Waals surface area contributed by atoms with Crippen LogP contribution < -0.4 is 9.64 Å². The van der Waals surface area contributed by atoms with Crippen LogP contribution in [0.2, 0.25) is 0 Å². The van der Waals surface area contributed by atoms with E-state index in [-0.39, 0.29) is 18.3 Å². The first-order valence-electron chi connectivity index (χ1n) is 5.95. The largest absolute Gasteiger partial charge is 0.472 e. The molecule has 0 fully saturated rings. The number of non-ortho nitro benzene ring substituents is 1. The van der Waals surface area contributed by atoms with Crippen LogP contribution in [0.4, 0.5) is 11.4 Å². The van der Waals surface area contributed by atoms with Crippen molar-refractivity contribution in [2.45, 2.75) is 0 Å². The fraction of sp³-hybridized carbons (Fsp3) is 0.0714. The minimum absolute atomic E-state index is 0.0143. The number of anilines is 1. The minimum Gasteiger partial charge on any atom is -0.472 e. The number of nitro groups is 1. The summed E-state index contributed by atoms with van der Waals surface area (Å²) in [5.74, 6) is 0.372. The molecule has 1 aliphatic rings. The predicted molar refractivity (Wildman–Crippen MR) is 71.8 cm³/mol. The summed E-state index contributed by atoms with van der Waals surface area (Å²) in [7, 11) is 0. The zero-order valence-corrected chi connectivity index (χ0v) is 10.4. The van der Waals surface area contributed by atoms with E-state index in [0.29, 0.717) is 17.0 Å². The second kappa shape index (κ2) is 4.65. The number of fused-ring (bicyclic) bond motifs is 1. The van der Waals surface area contributed by atoms with Crippen LogP contribution in [0.3, 0.4) is 0 Å². The van der Waals surface area contributed by atoms with Crippen LogP contribution >= 0.6 is 0 Å². The molecule has 20 heavy (non-hydrogen) atoms. The van der Waals surface area contributed by atoms with Crippen molar-refractivity contribution in [1.82, 2.24) is 0 Å². The molecule has 6 heteroatoms. The van der Waals surface area contributed by atoms with E-state index in [0.717, 1.165) is 0 Å². The van der Waals surface area contributed by atoms with Gasteiger partial charge in [-0.25, -0.2) is 0 Å². The van der Waals surface area contributed by atoms with E-state index in [1.54, 1.807) is 24.3 Å². The van der Waals surface area contributed by atoms with Gasteiger partial charge >= 0.3 is 0 Å². The quantitative estimate of drug-likeness (QED) is 0.621. The number of nitrogens with zero attached hydrogens (tertiary/aromatic N) is 2. The summed E-state index contributed by atoms with van der Waals surface area (Å²) in [6, 6.07) is 12.8. The van der Waals surface area contributed by atoms with Gasteiger partial charge in [0.2, 0.25) is 0 Å². The first kappa shape index (κ1) is 12.2. The Balaban J connectivity index is 1.92. The van der Waals surface area contributed by atoms with Gasteiger partial charge in [-0.05, 0) is 24.3 Å². The van der Waals surface area contributed by atoms with Crippen LogP contribution in [0.25, 0.3) is 0 Å². The molecule has 2 aromatic carbocycles. The highest BCUT2D eigenvalue weighted by molar-refractivity contribution is 6.08. The van der Waals surface area contributed by atoms with Gasteiger partial charge in [-0.15, -0.1) is 0 Å². The van der Waals surface area contributed by atoms with E-state index in [1.165, 1.54) is 29.2 Å². The molecule has 0 N–H and O–H groups in total. The molecule has 0 saturated carbocycles. The molecule has 2 aromatic rings. The summed E-state index contributed by atoms with van der Waals surface area (Å²) in [5, 5.41) is 10.6. The first-order chi connectivity index (χ1) is 9.66. The SMILES string of the molecule is O=C1c2ccccc2OCN1c1ccc([N+](=O)[O-])cc1. The number of nitro benzene ring substituents is 1. The number of carbonyl (C=O) groups is 1. The van der Waals surface area contributed by atoms with Gasteiger partial charge in [0.05, 0.1) is 10.5 Å². The number of rotatable bonds is 2. The molecule has 1 aliphatic heterocycles. The summed E-state index contributed by atoms with van der Waals surface area (Å²) in [6.45, 7) is 0.0909. The second-order valence-corrected chi connectivity index (χ2v) is 4.28. The Morgan fingerprint density at radius 2 is 1.80 bits per heavy atom. The Bertz CT molecular complexity index is 682. The van der Waals surface area contributed by atoms with E-state index in [1.807, 2.05) is 0 Å². The topological polar surface area (TPSA) is 72.7 Å². The number of ether oxygens (including phenoxy) is 1. The molecule has 3 rings (SSSR count).